The summed E-state index contributed by atoms with van der Waals surface area (Å²) in [5.74, 6) is 0.858. The highest BCUT2D eigenvalue weighted by atomic mass is 19.1. The van der Waals surface area contributed by atoms with E-state index in [-0.39, 0.29) is 11.9 Å². The van der Waals surface area contributed by atoms with Crippen molar-refractivity contribution < 1.29 is 4.39 Å². The number of likely N-dealkylation sites (tertiary alicyclic amines) is 1. The molecule has 34 heavy (non-hydrogen) atoms. The van der Waals surface area contributed by atoms with Crippen LogP contribution in [0.15, 0.2) is 97.1 Å². The second-order valence-electron chi connectivity index (χ2n) is 9.59. The van der Waals surface area contributed by atoms with Gasteiger partial charge in [-0.1, -0.05) is 91.0 Å². The second kappa shape index (κ2) is 10.5. The van der Waals surface area contributed by atoms with E-state index in [4.69, 9.17) is 0 Å². The number of fused-ring (bicyclic) bond motifs is 1. The summed E-state index contributed by atoms with van der Waals surface area (Å²) >= 11 is 0. The van der Waals surface area contributed by atoms with Crippen LogP contribution in [0.1, 0.15) is 42.0 Å². The fraction of sp³-hybridized carbons (Fsp3) is 0.290. The average Bonchev–Trinajstić information content (AvgIpc) is 2.89. The van der Waals surface area contributed by atoms with Gasteiger partial charge < -0.3 is 5.32 Å². The van der Waals surface area contributed by atoms with Crippen LogP contribution in [0.5, 0.6) is 0 Å². The molecule has 5 rings (SSSR count). The third-order valence-electron chi connectivity index (χ3n) is 7.40. The Morgan fingerprint density at radius 1 is 0.882 bits per heavy atom. The molecular weight excluding hydrogens is 419 g/mol. The van der Waals surface area contributed by atoms with Crippen molar-refractivity contribution in [1.29, 1.82) is 0 Å². The molecule has 4 aromatic carbocycles. The third kappa shape index (κ3) is 5.06. The largest absolute Gasteiger partial charge is 0.310 e. The lowest BCUT2D eigenvalue weighted by atomic mass is 9.80. The van der Waals surface area contributed by atoms with Crippen molar-refractivity contribution in [3.8, 4) is 0 Å². The summed E-state index contributed by atoms with van der Waals surface area (Å²) in [5, 5.41) is 6.47. The van der Waals surface area contributed by atoms with Crippen molar-refractivity contribution in [2.75, 3.05) is 19.6 Å². The molecule has 1 saturated heterocycles. The first-order valence-electron chi connectivity index (χ1n) is 12.4. The van der Waals surface area contributed by atoms with Crippen LogP contribution in [0, 0.1) is 11.7 Å². The van der Waals surface area contributed by atoms with Crippen molar-refractivity contribution in [1.82, 2.24) is 10.2 Å². The Bertz CT molecular complexity index is 1220. The Morgan fingerprint density at radius 3 is 2.47 bits per heavy atom. The smallest absolute Gasteiger partial charge is 0.127 e. The minimum absolute atomic E-state index is 0.105. The first kappa shape index (κ1) is 22.8. The summed E-state index contributed by atoms with van der Waals surface area (Å²) in [6.45, 7) is 5.85. The van der Waals surface area contributed by atoms with Gasteiger partial charge >= 0.3 is 0 Å². The molecule has 0 bridgehead atoms. The molecule has 0 spiro atoms. The number of rotatable bonds is 7. The Kier molecular flexibility index (Phi) is 7.03. The molecule has 0 amide bonds. The number of hydrogen-bond acceptors (Lipinski definition) is 2. The van der Waals surface area contributed by atoms with Gasteiger partial charge in [-0.05, 0) is 60.3 Å². The minimum atomic E-state index is -0.105. The van der Waals surface area contributed by atoms with E-state index >= 15 is 0 Å². The first-order valence-corrected chi connectivity index (χ1v) is 12.4. The van der Waals surface area contributed by atoms with Gasteiger partial charge in [-0.15, -0.1) is 0 Å². The highest BCUT2D eigenvalue weighted by Crippen LogP contribution is 2.34. The van der Waals surface area contributed by atoms with E-state index in [9.17, 15) is 4.39 Å². The maximum atomic E-state index is 14.3. The van der Waals surface area contributed by atoms with E-state index in [0.29, 0.717) is 18.4 Å². The number of nitrogens with one attached hydrogen (secondary N) is 1. The molecule has 174 valence electrons. The topological polar surface area (TPSA) is 15.3 Å². The Balaban J connectivity index is 1.31. The quantitative estimate of drug-likeness (QED) is 0.327. The van der Waals surface area contributed by atoms with Crippen molar-refractivity contribution in [2.45, 2.75) is 31.8 Å². The van der Waals surface area contributed by atoms with Gasteiger partial charge in [-0.2, -0.15) is 0 Å². The molecule has 0 aliphatic carbocycles. The van der Waals surface area contributed by atoms with Crippen LogP contribution in [-0.2, 0) is 6.54 Å². The fourth-order valence-corrected chi connectivity index (χ4v) is 5.47. The number of benzene rings is 4. The third-order valence-corrected chi connectivity index (χ3v) is 7.40. The van der Waals surface area contributed by atoms with E-state index < -0.39 is 0 Å². The SMILES string of the molecule is C[C@@H](NCC1CCN(Cc2ccccc2F)CC1c1ccccc1)c1cccc2ccccc12. The van der Waals surface area contributed by atoms with Crippen LogP contribution in [0.4, 0.5) is 4.39 Å². The Morgan fingerprint density at radius 2 is 1.62 bits per heavy atom. The summed E-state index contributed by atoms with van der Waals surface area (Å²) in [7, 11) is 0. The maximum Gasteiger partial charge on any atom is 0.127 e. The molecule has 3 atom stereocenters. The van der Waals surface area contributed by atoms with Crippen LogP contribution < -0.4 is 5.32 Å². The molecule has 3 heteroatoms. The summed E-state index contributed by atoms with van der Waals surface area (Å²) in [5.41, 5.74) is 3.52. The second-order valence-corrected chi connectivity index (χ2v) is 9.59. The zero-order valence-corrected chi connectivity index (χ0v) is 19.8. The monoisotopic (exact) mass is 452 g/mol. The summed E-state index contributed by atoms with van der Waals surface area (Å²) < 4.78 is 14.3. The van der Waals surface area contributed by atoms with Crippen LogP contribution >= 0.6 is 0 Å². The van der Waals surface area contributed by atoms with Gasteiger partial charge in [0, 0.05) is 30.6 Å². The van der Waals surface area contributed by atoms with E-state index in [1.54, 1.807) is 12.1 Å². The molecule has 0 radical (unpaired) electrons. The Hall–Kier alpha value is -3.01. The van der Waals surface area contributed by atoms with Gasteiger partial charge in [-0.3, -0.25) is 4.90 Å². The van der Waals surface area contributed by atoms with Crippen molar-refractivity contribution in [3.63, 3.8) is 0 Å². The summed E-state index contributed by atoms with van der Waals surface area (Å²) in [6.07, 6.45) is 1.10. The Labute approximate surface area is 202 Å². The lowest BCUT2D eigenvalue weighted by molar-refractivity contribution is 0.147. The molecular formula is C31H33FN2. The number of hydrogen-bond donors (Lipinski definition) is 1. The van der Waals surface area contributed by atoms with Gasteiger partial charge in [0.2, 0.25) is 0 Å². The maximum absolute atomic E-state index is 14.3. The van der Waals surface area contributed by atoms with Crippen molar-refractivity contribution in [2.24, 2.45) is 5.92 Å². The van der Waals surface area contributed by atoms with E-state index in [1.807, 2.05) is 12.1 Å². The van der Waals surface area contributed by atoms with Crippen LogP contribution in [0.25, 0.3) is 10.8 Å². The summed E-state index contributed by atoms with van der Waals surface area (Å²) in [6, 6.07) is 33.5. The molecule has 2 unspecified atom stereocenters. The van der Waals surface area contributed by atoms with Crippen molar-refractivity contribution in [3.05, 3.63) is 120 Å². The standard InChI is InChI=1S/C31H33FN2/c1-23(28-16-9-14-24-12-5-7-15-29(24)28)33-20-26-18-19-34(21-27-13-6-8-17-31(27)32)22-30(26)25-10-3-2-4-11-25/h2-17,23,26,30,33H,18-22H2,1H3/t23-,26?,30?/m1/s1. The van der Waals surface area contributed by atoms with Crippen LogP contribution in [0.3, 0.4) is 0 Å². The van der Waals surface area contributed by atoms with Crippen LogP contribution in [0.2, 0.25) is 0 Å². The molecule has 4 aromatic rings. The predicted molar refractivity (Wildman–Crippen MR) is 139 cm³/mol. The highest BCUT2D eigenvalue weighted by Gasteiger charge is 2.31. The van der Waals surface area contributed by atoms with E-state index in [0.717, 1.165) is 31.6 Å². The number of halogens is 1. The van der Waals surface area contributed by atoms with E-state index in [2.05, 4.69) is 89.9 Å². The first-order chi connectivity index (χ1) is 16.7. The number of piperidine rings is 1. The summed E-state index contributed by atoms with van der Waals surface area (Å²) in [4.78, 5) is 2.42. The lowest BCUT2D eigenvalue weighted by Crippen LogP contribution is -2.42. The molecule has 1 aliphatic rings. The zero-order valence-electron chi connectivity index (χ0n) is 19.8. The fourth-order valence-electron chi connectivity index (χ4n) is 5.47. The minimum Gasteiger partial charge on any atom is -0.310 e. The van der Waals surface area contributed by atoms with Gasteiger partial charge in [0.15, 0.2) is 0 Å². The average molecular weight is 453 g/mol. The lowest BCUT2D eigenvalue weighted by Gasteiger charge is -2.39. The molecule has 1 aliphatic heterocycles. The van der Waals surface area contributed by atoms with Gasteiger partial charge in [0.1, 0.15) is 5.82 Å². The van der Waals surface area contributed by atoms with Crippen LogP contribution in [-0.4, -0.2) is 24.5 Å². The predicted octanol–water partition coefficient (Wildman–Crippen LogP) is 6.94. The molecule has 1 fully saturated rings. The van der Waals surface area contributed by atoms with Crippen molar-refractivity contribution >= 4 is 10.8 Å². The normalized spacial score (nSPS) is 19.8. The number of nitrogens with zero attached hydrogens (tertiary/aromatic N) is 1. The molecule has 0 aromatic heterocycles. The highest BCUT2D eigenvalue weighted by molar-refractivity contribution is 5.86. The molecule has 2 nitrogen and oxygen atoms in total. The van der Waals surface area contributed by atoms with Gasteiger partial charge in [0.25, 0.3) is 0 Å². The van der Waals surface area contributed by atoms with Gasteiger partial charge in [0.05, 0.1) is 0 Å². The zero-order chi connectivity index (χ0) is 23.3. The molecule has 1 N–H and O–H groups in total. The molecule has 0 saturated carbocycles. The van der Waals surface area contributed by atoms with Gasteiger partial charge in [-0.25, -0.2) is 4.39 Å². The van der Waals surface area contributed by atoms with E-state index in [1.165, 1.54) is 21.9 Å². The molecule has 1 heterocycles.